The number of nitrogens with zero attached hydrogens (tertiary/aromatic N) is 4. The normalized spacial score (nSPS) is 10.5. The molecule has 0 aliphatic heterocycles. The van der Waals surface area contributed by atoms with E-state index in [4.69, 9.17) is 15.2 Å². The zero-order chi connectivity index (χ0) is 22.0. The average Bonchev–Trinajstić information content (AvgIpc) is 3.19. The monoisotopic (exact) mass is 478 g/mol. The maximum absolute atomic E-state index is 11.5. The highest BCUT2D eigenvalue weighted by Crippen LogP contribution is 2.44. The highest BCUT2D eigenvalue weighted by Gasteiger charge is 2.24. The van der Waals surface area contributed by atoms with Crippen molar-refractivity contribution in [3.63, 3.8) is 0 Å². The Morgan fingerprint density at radius 2 is 1.87 bits per heavy atom. The van der Waals surface area contributed by atoms with E-state index in [9.17, 15) is 25.0 Å². The Balaban J connectivity index is 2.08. The fourth-order valence-electron chi connectivity index (χ4n) is 2.52. The van der Waals surface area contributed by atoms with Crippen LogP contribution in [0.2, 0.25) is 0 Å². The lowest BCUT2D eigenvalue weighted by molar-refractivity contribution is -0.394. The number of nitro benzene ring substituents is 2. The van der Waals surface area contributed by atoms with Crippen LogP contribution in [0.5, 0.6) is 17.2 Å². The second-order valence-corrected chi connectivity index (χ2v) is 6.50. The van der Waals surface area contributed by atoms with Gasteiger partial charge in [0.1, 0.15) is 5.69 Å². The number of carbonyl (C=O) groups excluding carboxylic acids is 1. The van der Waals surface area contributed by atoms with Crippen LogP contribution in [0.25, 0.3) is 11.3 Å². The van der Waals surface area contributed by atoms with E-state index in [-0.39, 0.29) is 28.6 Å². The van der Waals surface area contributed by atoms with Gasteiger partial charge in [-0.2, -0.15) is 15.4 Å². The van der Waals surface area contributed by atoms with Crippen LogP contribution in [-0.4, -0.2) is 38.3 Å². The second-order valence-electron chi connectivity index (χ2n) is 5.64. The molecule has 0 saturated carbocycles. The van der Waals surface area contributed by atoms with Crippen molar-refractivity contribution in [2.24, 2.45) is 5.73 Å². The molecular formula is C16H11BrN6O7. The minimum absolute atomic E-state index is 0.0577. The number of benzene rings is 2. The number of amides is 1. The molecule has 3 aromatic rings. The van der Waals surface area contributed by atoms with Crippen molar-refractivity contribution in [2.45, 2.75) is 0 Å². The Labute approximate surface area is 175 Å². The number of carbonyl (C=O) groups is 1. The molecule has 0 atom stereocenters. The van der Waals surface area contributed by atoms with E-state index in [1.807, 2.05) is 0 Å². The molecule has 0 radical (unpaired) electrons. The van der Waals surface area contributed by atoms with Gasteiger partial charge >= 0.3 is 5.69 Å². The third kappa shape index (κ3) is 3.88. The van der Waals surface area contributed by atoms with Crippen molar-refractivity contribution in [3.8, 4) is 28.5 Å². The van der Waals surface area contributed by atoms with E-state index >= 15 is 0 Å². The number of rotatable bonds is 7. The molecule has 1 amide bonds. The molecule has 0 bridgehead atoms. The number of nitro groups is 2. The first-order valence-electron chi connectivity index (χ1n) is 7.92. The topological polar surface area (TPSA) is 189 Å². The fraction of sp³-hybridized carbons (Fsp3) is 0.0625. The molecule has 154 valence electrons. The lowest BCUT2D eigenvalue weighted by Gasteiger charge is -2.14. The summed E-state index contributed by atoms with van der Waals surface area (Å²) in [6.07, 6.45) is 0. The van der Waals surface area contributed by atoms with Crippen molar-refractivity contribution in [3.05, 3.63) is 60.7 Å². The van der Waals surface area contributed by atoms with E-state index in [0.29, 0.717) is 10.0 Å². The van der Waals surface area contributed by atoms with E-state index in [2.05, 4.69) is 31.3 Å². The number of aromatic amines is 1. The molecular weight excluding hydrogens is 468 g/mol. The predicted octanol–water partition coefficient (Wildman–Crippen LogP) is 2.95. The Bertz CT molecular complexity index is 1180. The summed E-state index contributed by atoms with van der Waals surface area (Å²) < 4.78 is 11.2. The lowest BCUT2D eigenvalue weighted by atomic mass is 10.1. The van der Waals surface area contributed by atoms with Gasteiger partial charge in [-0.3, -0.25) is 25.0 Å². The summed E-state index contributed by atoms with van der Waals surface area (Å²) >= 11 is 3.29. The molecule has 0 aliphatic rings. The van der Waals surface area contributed by atoms with E-state index in [0.717, 1.165) is 18.2 Å². The minimum atomic E-state index is -0.800. The zero-order valence-corrected chi connectivity index (χ0v) is 16.6. The van der Waals surface area contributed by atoms with Gasteiger partial charge in [0.2, 0.25) is 5.75 Å². The van der Waals surface area contributed by atoms with Crippen LogP contribution in [-0.2, 0) is 0 Å². The molecule has 3 N–H and O–H groups in total. The summed E-state index contributed by atoms with van der Waals surface area (Å²) in [5.41, 5.74) is 4.68. The Morgan fingerprint density at radius 1 is 1.13 bits per heavy atom. The van der Waals surface area contributed by atoms with Gasteiger partial charge in [-0.25, -0.2) is 0 Å². The van der Waals surface area contributed by atoms with E-state index in [1.165, 1.54) is 19.2 Å². The molecule has 30 heavy (non-hydrogen) atoms. The Hall–Kier alpha value is -4.07. The Morgan fingerprint density at radius 3 is 2.47 bits per heavy atom. The van der Waals surface area contributed by atoms with Crippen molar-refractivity contribution in [2.75, 3.05) is 7.11 Å². The lowest BCUT2D eigenvalue weighted by Crippen LogP contribution is -2.12. The number of ether oxygens (including phenoxy) is 2. The van der Waals surface area contributed by atoms with Crippen LogP contribution in [0.15, 0.2) is 34.8 Å². The van der Waals surface area contributed by atoms with E-state index < -0.39 is 27.1 Å². The number of hydrogen-bond donors (Lipinski definition) is 2. The summed E-state index contributed by atoms with van der Waals surface area (Å²) in [5.74, 6) is -0.847. The number of nitrogens with one attached hydrogen (secondary N) is 1. The van der Waals surface area contributed by atoms with Crippen LogP contribution in [0.3, 0.4) is 0 Å². The third-order valence-electron chi connectivity index (χ3n) is 3.85. The Kier molecular flexibility index (Phi) is 5.59. The highest BCUT2D eigenvalue weighted by atomic mass is 79.9. The molecule has 13 nitrogen and oxygen atoms in total. The minimum Gasteiger partial charge on any atom is -0.493 e. The van der Waals surface area contributed by atoms with E-state index in [1.54, 1.807) is 0 Å². The van der Waals surface area contributed by atoms with Gasteiger partial charge in [0.15, 0.2) is 17.2 Å². The second kappa shape index (κ2) is 8.12. The first-order chi connectivity index (χ1) is 14.2. The van der Waals surface area contributed by atoms with Gasteiger partial charge in [0.25, 0.3) is 11.6 Å². The van der Waals surface area contributed by atoms with Gasteiger partial charge in [-0.1, -0.05) is 0 Å². The number of methoxy groups -OCH3 is 1. The SMILES string of the molecule is COc1cc(-c2n[nH]nc2C(N)=O)cc(Br)c1Oc1ccc([N+](=O)[O-])cc1[N+](=O)[O-]. The van der Waals surface area contributed by atoms with Crippen molar-refractivity contribution < 1.29 is 24.1 Å². The smallest absolute Gasteiger partial charge is 0.318 e. The van der Waals surface area contributed by atoms with Gasteiger partial charge in [-0.15, -0.1) is 0 Å². The number of aromatic nitrogens is 3. The van der Waals surface area contributed by atoms with Crippen molar-refractivity contribution >= 4 is 33.2 Å². The molecule has 0 spiro atoms. The molecule has 0 saturated heterocycles. The summed E-state index contributed by atoms with van der Waals surface area (Å²) in [6, 6.07) is 5.95. The molecule has 14 heteroatoms. The predicted molar refractivity (Wildman–Crippen MR) is 104 cm³/mol. The van der Waals surface area contributed by atoms with Gasteiger partial charge in [0, 0.05) is 11.6 Å². The number of hydrogen-bond acceptors (Lipinski definition) is 9. The quantitative estimate of drug-likeness (QED) is 0.379. The fourth-order valence-corrected chi connectivity index (χ4v) is 3.04. The summed E-state index contributed by atoms with van der Waals surface area (Å²) in [5, 5.41) is 32.1. The maximum atomic E-state index is 11.5. The highest BCUT2D eigenvalue weighted by molar-refractivity contribution is 9.10. The first kappa shape index (κ1) is 20.7. The number of nitrogens with two attached hydrogens (primary N) is 1. The third-order valence-corrected chi connectivity index (χ3v) is 4.44. The van der Waals surface area contributed by atoms with Gasteiger partial charge in [0.05, 0.1) is 27.5 Å². The van der Waals surface area contributed by atoms with Crippen molar-refractivity contribution in [1.29, 1.82) is 0 Å². The van der Waals surface area contributed by atoms with Gasteiger partial charge in [-0.05, 0) is 34.1 Å². The van der Waals surface area contributed by atoms with Crippen LogP contribution >= 0.6 is 15.9 Å². The average molecular weight is 479 g/mol. The molecule has 2 aromatic carbocycles. The van der Waals surface area contributed by atoms with Crippen molar-refractivity contribution in [1.82, 2.24) is 15.4 Å². The van der Waals surface area contributed by atoms with Crippen LogP contribution in [0.1, 0.15) is 10.5 Å². The number of primary amides is 1. The summed E-state index contributed by atoms with van der Waals surface area (Å²) in [7, 11) is 1.33. The standard InChI is InChI=1S/C16H11BrN6O7/c1-29-12-5-7(13-14(16(18)24)20-21-19-13)4-9(17)15(12)30-11-3-2-8(22(25)26)6-10(11)23(27)28/h2-6H,1H3,(H2,18,24)(H,19,20,21). The molecule has 1 aromatic heterocycles. The summed E-state index contributed by atoms with van der Waals surface area (Å²) in [4.78, 5) is 32.2. The molecule has 3 rings (SSSR count). The molecule has 0 fully saturated rings. The number of halogens is 1. The molecule has 0 unspecified atom stereocenters. The largest absolute Gasteiger partial charge is 0.493 e. The molecule has 0 aliphatic carbocycles. The zero-order valence-electron chi connectivity index (χ0n) is 15.0. The number of non-ortho nitro benzene ring substituents is 1. The first-order valence-corrected chi connectivity index (χ1v) is 8.71. The number of H-pyrrole nitrogens is 1. The van der Waals surface area contributed by atoms with Crippen LogP contribution in [0, 0.1) is 20.2 Å². The van der Waals surface area contributed by atoms with Gasteiger partial charge < -0.3 is 15.2 Å². The molecule has 1 heterocycles. The van der Waals surface area contributed by atoms with Crippen LogP contribution < -0.4 is 15.2 Å². The summed E-state index contributed by atoms with van der Waals surface area (Å²) in [6.45, 7) is 0. The van der Waals surface area contributed by atoms with Crippen LogP contribution in [0.4, 0.5) is 11.4 Å². The maximum Gasteiger partial charge on any atom is 0.318 e.